The summed E-state index contributed by atoms with van der Waals surface area (Å²) in [6.45, 7) is 4.47. The molecule has 0 aliphatic carbocycles. The van der Waals surface area contributed by atoms with Crippen molar-refractivity contribution in [3.63, 3.8) is 0 Å². The van der Waals surface area contributed by atoms with Gasteiger partial charge in [0.05, 0.1) is 6.04 Å². The first-order valence-corrected chi connectivity index (χ1v) is 7.22. The van der Waals surface area contributed by atoms with Crippen molar-refractivity contribution in [2.45, 2.75) is 26.3 Å². The highest BCUT2D eigenvalue weighted by atomic mass is 16.1. The molecule has 0 aliphatic rings. The fraction of sp³-hybridized carbons (Fsp3) is 0.278. The topological polar surface area (TPSA) is 55.1 Å². The average Bonchev–Trinajstić information content (AvgIpc) is 2.47. The largest absolute Gasteiger partial charge is 0.345 e. The van der Waals surface area contributed by atoms with Gasteiger partial charge in [0.15, 0.2) is 0 Å². The molecule has 0 saturated carbocycles. The zero-order valence-electron chi connectivity index (χ0n) is 12.6. The molecule has 0 radical (unpaired) electrons. The summed E-state index contributed by atoms with van der Waals surface area (Å²) in [6, 6.07) is 16.3. The van der Waals surface area contributed by atoms with E-state index in [1.165, 1.54) is 11.1 Å². The average molecular weight is 282 g/mol. The maximum absolute atomic E-state index is 11.9. The Hall–Kier alpha value is -2.13. The number of nitrogens with one attached hydrogen (secondary N) is 1. The van der Waals surface area contributed by atoms with Crippen LogP contribution in [-0.2, 0) is 4.79 Å². The highest BCUT2D eigenvalue weighted by molar-refractivity contribution is 5.77. The standard InChI is InChI=1S/C18H22N2O/c1-13-3-7-15(8-4-13)18(20-17(21)11-12-19)16-9-5-14(2)6-10-16/h3-10,18H,11-12,19H2,1-2H3,(H,20,21). The Morgan fingerprint density at radius 3 is 1.76 bits per heavy atom. The van der Waals surface area contributed by atoms with E-state index in [9.17, 15) is 4.79 Å². The van der Waals surface area contributed by atoms with Crippen molar-refractivity contribution in [3.8, 4) is 0 Å². The van der Waals surface area contributed by atoms with Crippen LogP contribution in [0.5, 0.6) is 0 Å². The minimum absolute atomic E-state index is 0.0244. The highest BCUT2D eigenvalue weighted by Crippen LogP contribution is 2.23. The van der Waals surface area contributed by atoms with Crippen molar-refractivity contribution in [1.29, 1.82) is 0 Å². The monoisotopic (exact) mass is 282 g/mol. The summed E-state index contributed by atoms with van der Waals surface area (Å²) in [5.74, 6) is -0.0244. The second-order valence-electron chi connectivity index (χ2n) is 5.36. The molecule has 21 heavy (non-hydrogen) atoms. The Morgan fingerprint density at radius 2 is 1.38 bits per heavy atom. The third-order valence-electron chi connectivity index (χ3n) is 3.50. The minimum atomic E-state index is -0.134. The normalized spacial score (nSPS) is 10.7. The molecule has 0 aromatic heterocycles. The van der Waals surface area contributed by atoms with E-state index >= 15 is 0 Å². The number of hydrogen-bond donors (Lipinski definition) is 2. The number of amides is 1. The molecular formula is C18H22N2O. The second-order valence-corrected chi connectivity index (χ2v) is 5.36. The van der Waals surface area contributed by atoms with E-state index in [0.717, 1.165) is 11.1 Å². The van der Waals surface area contributed by atoms with Crippen LogP contribution in [0.15, 0.2) is 48.5 Å². The molecule has 0 unspecified atom stereocenters. The summed E-state index contributed by atoms with van der Waals surface area (Å²) in [5, 5.41) is 3.07. The molecule has 2 rings (SSSR count). The molecule has 3 nitrogen and oxygen atoms in total. The minimum Gasteiger partial charge on any atom is -0.345 e. The molecule has 0 atom stereocenters. The van der Waals surface area contributed by atoms with Crippen LogP contribution in [0.3, 0.4) is 0 Å². The third-order valence-corrected chi connectivity index (χ3v) is 3.50. The molecule has 110 valence electrons. The fourth-order valence-corrected chi connectivity index (χ4v) is 2.24. The molecular weight excluding hydrogens is 260 g/mol. The van der Waals surface area contributed by atoms with Gasteiger partial charge in [-0.25, -0.2) is 0 Å². The van der Waals surface area contributed by atoms with Gasteiger partial charge in [-0.1, -0.05) is 59.7 Å². The number of hydrogen-bond acceptors (Lipinski definition) is 2. The van der Waals surface area contributed by atoms with Gasteiger partial charge in [0, 0.05) is 13.0 Å². The first kappa shape index (κ1) is 15.3. The van der Waals surface area contributed by atoms with Gasteiger partial charge in [-0.05, 0) is 25.0 Å². The van der Waals surface area contributed by atoms with Crippen LogP contribution in [0.2, 0.25) is 0 Å². The van der Waals surface area contributed by atoms with Crippen molar-refractivity contribution in [2.24, 2.45) is 5.73 Å². The maximum atomic E-state index is 11.9. The smallest absolute Gasteiger partial charge is 0.222 e. The molecule has 1 amide bonds. The lowest BCUT2D eigenvalue weighted by molar-refractivity contribution is -0.121. The molecule has 3 N–H and O–H groups in total. The molecule has 0 bridgehead atoms. The van der Waals surface area contributed by atoms with Crippen LogP contribution >= 0.6 is 0 Å². The molecule has 0 spiro atoms. The predicted octanol–water partition coefficient (Wildman–Crippen LogP) is 2.86. The van der Waals surface area contributed by atoms with Crippen molar-refractivity contribution < 1.29 is 4.79 Å². The summed E-state index contributed by atoms with van der Waals surface area (Å²) < 4.78 is 0. The van der Waals surface area contributed by atoms with E-state index < -0.39 is 0 Å². The highest BCUT2D eigenvalue weighted by Gasteiger charge is 2.16. The van der Waals surface area contributed by atoms with Crippen molar-refractivity contribution in [3.05, 3.63) is 70.8 Å². The zero-order valence-corrected chi connectivity index (χ0v) is 12.6. The fourth-order valence-electron chi connectivity index (χ4n) is 2.24. The van der Waals surface area contributed by atoms with Crippen LogP contribution in [-0.4, -0.2) is 12.5 Å². The third kappa shape index (κ3) is 4.17. The van der Waals surface area contributed by atoms with Gasteiger partial charge in [-0.3, -0.25) is 4.79 Å². The molecule has 0 heterocycles. The number of aryl methyl sites for hydroxylation is 2. The lowest BCUT2D eigenvalue weighted by Crippen LogP contribution is -2.30. The van der Waals surface area contributed by atoms with Gasteiger partial charge in [-0.2, -0.15) is 0 Å². The first-order chi connectivity index (χ1) is 10.1. The summed E-state index contributed by atoms with van der Waals surface area (Å²) in [4.78, 5) is 11.9. The Kier molecular flexibility index (Phi) is 5.12. The van der Waals surface area contributed by atoms with E-state index in [1.807, 2.05) is 0 Å². The SMILES string of the molecule is Cc1ccc(C(NC(=O)CCN)c2ccc(C)cc2)cc1. The molecule has 2 aromatic rings. The lowest BCUT2D eigenvalue weighted by Gasteiger charge is -2.20. The van der Waals surface area contributed by atoms with E-state index in [1.54, 1.807) is 0 Å². The number of carbonyl (C=O) groups is 1. The van der Waals surface area contributed by atoms with Crippen molar-refractivity contribution in [1.82, 2.24) is 5.32 Å². The van der Waals surface area contributed by atoms with Gasteiger partial charge in [-0.15, -0.1) is 0 Å². The lowest BCUT2D eigenvalue weighted by atomic mass is 9.97. The molecule has 0 aliphatic heterocycles. The van der Waals surface area contributed by atoms with E-state index in [4.69, 9.17) is 5.73 Å². The van der Waals surface area contributed by atoms with Gasteiger partial charge in [0.25, 0.3) is 0 Å². The Bertz CT molecular complexity index is 542. The molecule has 0 fully saturated rings. The molecule has 2 aromatic carbocycles. The number of benzene rings is 2. The van der Waals surface area contributed by atoms with E-state index in [-0.39, 0.29) is 11.9 Å². The maximum Gasteiger partial charge on any atom is 0.222 e. The summed E-state index contributed by atoms with van der Waals surface area (Å²) in [5.41, 5.74) is 10.0. The Balaban J connectivity index is 2.31. The van der Waals surface area contributed by atoms with E-state index in [2.05, 4.69) is 67.7 Å². The number of carbonyl (C=O) groups excluding carboxylic acids is 1. The number of rotatable bonds is 5. The van der Waals surface area contributed by atoms with Crippen LogP contribution < -0.4 is 11.1 Å². The second kappa shape index (κ2) is 7.04. The van der Waals surface area contributed by atoms with Gasteiger partial charge in [0.2, 0.25) is 5.91 Å². The van der Waals surface area contributed by atoms with Gasteiger partial charge < -0.3 is 11.1 Å². The zero-order chi connectivity index (χ0) is 15.2. The van der Waals surface area contributed by atoms with Crippen molar-refractivity contribution >= 4 is 5.91 Å². The molecule has 3 heteroatoms. The number of nitrogens with two attached hydrogens (primary N) is 1. The quantitative estimate of drug-likeness (QED) is 0.886. The van der Waals surface area contributed by atoms with Crippen LogP contribution in [0.4, 0.5) is 0 Å². The summed E-state index contributed by atoms with van der Waals surface area (Å²) >= 11 is 0. The van der Waals surface area contributed by atoms with E-state index in [0.29, 0.717) is 13.0 Å². The van der Waals surface area contributed by atoms with Gasteiger partial charge >= 0.3 is 0 Å². The molecule has 0 saturated heterocycles. The Labute approximate surface area is 126 Å². The van der Waals surface area contributed by atoms with Crippen molar-refractivity contribution in [2.75, 3.05) is 6.54 Å². The first-order valence-electron chi connectivity index (χ1n) is 7.22. The summed E-state index contributed by atoms with van der Waals surface area (Å²) in [6.07, 6.45) is 0.341. The summed E-state index contributed by atoms with van der Waals surface area (Å²) in [7, 11) is 0. The van der Waals surface area contributed by atoms with Crippen LogP contribution in [0, 0.1) is 13.8 Å². The Morgan fingerprint density at radius 1 is 0.952 bits per heavy atom. The predicted molar refractivity (Wildman–Crippen MR) is 86.0 cm³/mol. The van der Waals surface area contributed by atoms with Gasteiger partial charge in [0.1, 0.15) is 0 Å². The van der Waals surface area contributed by atoms with Crippen LogP contribution in [0.25, 0.3) is 0 Å². The van der Waals surface area contributed by atoms with Crippen LogP contribution in [0.1, 0.15) is 34.7 Å².